The number of aromatic nitrogens is 1. The van der Waals surface area contributed by atoms with Gasteiger partial charge < -0.3 is 0 Å². The summed E-state index contributed by atoms with van der Waals surface area (Å²) in [5.41, 5.74) is 3.63. The summed E-state index contributed by atoms with van der Waals surface area (Å²) in [5, 5.41) is 2.76. The van der Waals surface area contributed by atoms with E-state index >= 15 is 0 Å². The number of aryl methyl sites for hydroxylation is 3. The Labute approximate surface area is 98.7 Å². The molecule has 1 nitrogen and oxygen atoms in total. The van der Waals surface area contributed by atoms with Crippen LogP contribution >= 0.6 is 8.58 Å². The standard InChI is InChI=1S/C14H16NP/c1-10-9-11(2)15-12(3)14(10)16-13-7-5-4-6-8-13/h4-9,16H,1-3H3. The lowest BCUT2D eigenvalue weighted by Crippen LogP contribution is -2.12. The summed E-state index contributed by atoms with van der Waals surface area (Å²) in [7, 11) is 0.708. The van der Waals surface area contributed by atoms with Gasteiger partial charge >= 0.3 is 0 Å². The van der Waals surface area contributed by atoms with E-state index in [4.69, 9.17) is 0 Å². The van der Waals surface area contributed by atoms with Gasteiger partial charge in [-0.05, 0) is 37.7 Å². The second kappa shape index (κ2) is 4.76. The zero-order valence-corrected chi connectivity index (χ0v) is 10.9. The summed E-state index contributed by atoms with van der Waals surface area (Å²) in [6.07, 6.45) is 0. The molecule has 0 aliphatic rings. The molecule has 0 aliphatic carbocycles. The van der Waals surface area contributed by atoms with Gasteiger partial charge in [0.1, 0.15) is 0 Å². The van der Waals surface area contributed by atoms with Crippen molar-refractivity contribution in [3.05, 3.63) is 53.3 Å². The quantitative estimate of drug-likeness (QED) is 0.721. The van der Waals surface area contributed by atoms with Gasteiger partial charge in [-0.15, -0.1) is 0 Å². The smallest absolute Gasteiger partial charge is 0.0455 e. The second-order valence-electron chi connectivity index (χ2n) is 4.03. The van der Waals surface area contributed by atoms with Crippen LogP contribution < -0.4 is 10.6 Å². The molecule has 1 aromatic carbocycles. The summed E-state index contributed by atoms with van der Waals surface area (Å²) in [6.45, 7) is 6.33. The van der Waals surface area contributed by atoms with E-state index in [0.717, 1.165) is 5.69 Å². The van der Waals surface area contributed by atoms with Crippen molar-refractivity contribution >= 4 is 19.2 Å². The first-order chi connectivity index (χ1) is 7.66. The van der Waals surface area contributed by atoms with E-state index in [9.17, 15) is 0 Å². The highest BCUT2D eigenvalue weighted by atomic mass is 31.1. The van der Waals surface area contributed by atoms with Crippen molar-refractivity contribution in [2.75, 3.05) is 0 Å². The van der Waals surface area contributed by atoms with Crippen LogP contribution in [0.3, 0.4) is 0 Å². The Hall–Kier alpha value is -1.20. The van der Waals surface area contributed by atoms with Crippen LogP contribution in [-0.4, -0.2) is 4.98 Å². The monoisotopic (exact) mass is 229 g/mol. The molecule has 0 saturated heterocycles. The van der Waals surface area contributed by atoms with Crippen molar-refractivity contribution in [1.29, 1.82) is 0 Å². The van der Waals surface area contributed by atoms with Gasteiger partial charge in [0.05, 0.1) is 0 Å². The third-order valence-electron chi connectivity index (χ3n) is 2.57. The Morgan fingerprint density at radius 1 is 1.00 bits per heavy atom. The lowest BCUT2D eigenvalue weighted by Gasteiger charge is -2.10. The Morgan fingerprint density at radius 3 is 2.31 bits per heavy atom. The van der Waals surface area contributed by atoms with Crippen LogP contribution in [0.4, 0.5) is 0 Å². The zero-order chi connectivity index (χ0) is 11.5. The molecule has 0 amide bonds. The van der Waals surface area contributed by atoms with Crippen LogP contribution in [0.2, 0.25) is 0 Å². The molecule has 1 heterocycles. The maximum Gasteiger partial charge on any atom is 0.0455 e. The van der Waals surface area contributed by atoms with Gasteiger partial charge in [0.25, 0.3) is 0 Å². The first-order valence-electron chi connectivity index (χ1n) is 5.44. The van der Waals surface area contributed by atoms with Gasteiger partial charge in [0.15, 0.2) is 0 Å². The van der Waals surface area contributed by atoms with Crippen LogP contribution in [-0.2, 0) is 0 Å². The molecule has 0 aliphatic heterocycles. The SMILES string of the molecule is Cc1cc(C)c(Pc2ccccc2)c(C)n1. The molecule has 0 spiro atoms. The van der Waals surface area contributed by atoms with Gasteiger partial charge in [-0.25, -0.2) is 0 Å². The molecule has 0 saturated carbocycles. The maximum atomic E-state index is 4.54. The number of nitrogens with zero attached hydrogens (tertiary/aromatic N) is 1. The van der Waals surface area contributed by atoms with E-state index < -0.39 is 0 Å². The van der Waals surface area contributed by atoms with Gasteiger partial charge in [0.2, 0.25) is 0 Å². The second-order valence-corrected chi connectivity index (χ2v) is 5.36. The fourth-order valence-corrected chi connectivity index (χ4v) is 3.03. The minimum absolute atomic E-state index is 0.708. The number of hydrogen-bond acceptors (Lipinski definition) is 1. The average Bonchev–Trinajstić information content (AvgIpc) is 2.25. The van der Waals surface area contributed by atoms with Crippen molar-refractivity contribution < 1.29 is 0 Å². The minimum Gasteiger partial charge on any atom is -0.258 e. The molecule has 2 rings (SSSR count). The van der Waals surface area contributed by atoms with Crippen LogP contribution in [0.25, 0.3) is 0 Å². The summed E-state index contributed by atoms with van der Waals surface area (Å²) >= 11 is 0. The molecular weight excluding hydrogens is 213 g/mol. The minimum atomic E-state index is 0.708. The molecule has 0 fully saturated rings. The number of hydrogen-bond donors (Lipinski definition) is 0. The van der Waals surface area contributed by atoms with Crippen LogP contribution in [0, 0.1) is 20.8 Å². The van der Waals surface area contributed by atoms with E-state index in [1.807, 2.05) is 0 Å². The fraction of sp³-hybridized carbons (Fsp3) is 0.214. The Balaban J connectivity index is 2.35. The third kappa shape index (κ3) is 2.48. The summed E-state index contributed by atoms with van der Waals surface area (Å²) in [5.74, 6) is 0. The topological polar surface area (TPSA) is 12.9 Å². The normalized spacial score (nSPS) is 11.2. The lowest BCUT2D eigenvalue weighted by molar-refractivity contribution is 1.12. The Morgan fingerprint density at radius 2 is 1.69 bits per heavy atom. The Kier molecular flexibility index (Phi) is 3.36. The summed E-state index contributed by atoms with van der Waals surface area (Å²) in [6, 6.07) is 12.8. The van der Waals surface area contributed by atoms with E-state index in [1.165, 1.54) is 21.9 Å². The van der Waals surface area contributed by atoms with Gasteiger partial charge in [-0.2, -0.15) is 0 Å². The van der Waals surface area contributed by atoms with Gasteiger partial charge in [-0.1, -0.05) is 38.9 Å². The van der Waals surface area contributed by atoms with Crippen molar-refractivity contribution in [1.82, 2.24) is 4.98 Å². The molecule has 82 valence electrons. The van der Waals surface area contributed by atoms with Crippen LogP contribution in [0.1, 0.15) is 17.0 Å². The highest BCUT2D eigenvalue weighted by molar-refractivity contribution is 7.55. The van der Waals surface area contributed by atoms with E-state index in [1.54, 1.807) is 0 Å². The van der Waals surface area contributed by atoms with Crippen molar-refractivity contribution in [3.63, 3.8) is 0 Å². The largest absolute Gasteiger partial charge is 0.258 e. The molecule has 1 atom stereocenters. The third-order valence-corrected chi connectivity index (χ3v) is 4.20. The zero-order valence-electron chi connectivity index (χ0n) is 9.91. The highest BCUT2D eigenvalue weighted by Crippen LogP contribution is 2.15. The molecule has 0 N–H and O–H groups in total. The molecular formula is C14H16NP. The summed E-state index contributed by atoms with van der Waals surface area (Å²) in [4.78, 5) is 4.54. The molecule has 0 bridgehead atoms. The van der Waals surface area contributed by atoms with E-state index in [2.05, 4.69) is 62.2 Å². The number of rotatable bonds is 2. The van der Waals surface area contributed by atoms with Crippen LogP contribution in [0.15, 0.2) is 36.4 Å². The van der Waals surface area contributed by atoms with Gasteiger partial charge in [0, 0.05) is 16.7 Å². The van der Waals surface area contributed by atoms with Crippen molar-refractivity contribution in [3.8, 4) is 0 Å². The predicted octanol–water partition coefficient (Wildman–Crippen LogP) is 2.64. The molecule has 2 aromatic rings. The number of pyridine rings is 1. The highest BCUT2D eigenvalue weighted by Gasteiger charge is 2.05. The summed E-state index contributed by atoms with van der Waals surface area (Å²) < 4.78 is 0. The van der Waals surface area contributed by atoms with Crippen molar-refractivity contribution in [2.45, 2.75) is 20.8 Å². The van der Waals surface area contributed by atoms with E-state index in [-0.39, 0.29) is 0 Å². The molecule has 16 heavy (non-hydrogen) atoms. The van der Waals surface area contributed by atoms with Crippen molar-refractivity contribution in [2.24, 2.45) is 0 Å². The molecule has 0 radical (unpaired) electrons. The predicted molar refractivity (Wildman–Crippen MR) is 72.5 cm³/mol. The Bertz CT molecular complexity index is 468. The molecule has 1 aromatic heterocycles. The van der Waals surface area contributed by atoms with Crippen LogP contribution in [0.5, 0.6) is 0 Å². The first kappa shape index (κ1) is 11.3. The maximum absolute atomic E-state index is 4.54. The average molecular weight is 229 g/mol. The first-order valence-corrected chi connectivity index (χ1v) is 6.44. The fourth-order valence-electron chi connectivity index (χ4n) is 1.88. The van der Waals surface area contributed by atoms with E-state index in [0.29, 0.717) is 8.58 Å². The van der Waals surface area contributed by atoms with Gasteiger partial charge in [-0.3, -0.25) is 4.98 Å². The lowest BCUT2D eigenvalue weighted by atomic mass is 10.2. The molecule has 2 heteroatoms. The molecule has 1 unspecified atom stereocenters. The number of benzene rings is 1.